The van der Waals surface area contributed by atoms with Crippen molar-refractivity contribution in [2.45, 2.75) is 8.42 Å². The molecule has 96 valence electrons. The van der Waals surface area contributed by atoms with Crippen LogP contribution in [0.15, 0.2) is 25.4 Å². The quantitative estimate of drug-likeness (QED) is 0.474. The molecule has 0 saturated carbocycles. The molecule has 0 bridgehead atoms. The zero-order valence-electron chi connectivity index (χ0n) is 9.17. The van der Waals surface area contributed by atoms with Gasteiger partial charge in [0.05, 0.1) is 25.4 Å². The lowest BCUT2D eigenvalue weighted by Gasteiger charge is -2.00. The molecule has 3 rings (SSSR count). The van der Waals surface area contributed by atoms with Crippen molar-refractivity contribution in [1.29, 1.82) is 0 Å². The number of rotatable bonds is 2. The Bertz CT molecular complexity index is 555. The van der Waals surface area contributed by atoms with E-state index in [1.54, 1.807) is 22.7 Å². The van der Waals surface area contributed by atoms with Crippen LogP contribution in [0.3, 0.4) is 0 Å². The standard InChI is InChI=1S/C9H6S9/c1-11-3-4(12-2)14-5(13-3)6-15-7-8(16-6)18-9(10)17-7/h1-2H3. The van der Waals surface area contributed by atoms with Gasteiger partial charge in [0.2, 0.25) is 0 Å². The molecule has 0 nitrogen and oxygen atoms in total. The number of fused-ring (bicyclic) bond motifs is 1. The zero-order chi connectivity index (χ0) is 12.7. The Labute approximate surface area is 145 Å². The second kappa shape index (κ2) is 6.31. The van der Waals surface area contributed by atoms with E-state index >= 15 is 0 Å². The Hall–Kier alpha value is 1.85. The molecule has 0 amide bonds. The third-order valence-electron chi connectivity index (χ3n) is 1.96. The average Bonchev–Trinajstić information content (AvgIpc) is 2.99. The molecule has 2 aliphatic rings. The fourth-order valence-electron chi connectivity index (χ4n) is 1.26. The minimum Gasteiger partial charge on any atom is -0.121 e. The van der Waals surface area contributed by atoms with E-state index in [2.05, 4.69) is 12.5 Å². The van der Waals surface area contributed by atoms with Crippen LogP contribution in [-0.2, 0) is 0 Å². The Kier molecular flexibility index (Phi) is 5.18. The van der Waals surface area contributed by atoms with Gasteiger partial charge in [-0.15, -0.1) is 46.2 Å². The summed E-state index contributed by atoms with van der Waals surface area (Å²) in [6.07, 6.45) is 4.31. The van der Waals surface area contributed by atoms with Crippen LogP contribution in [0.5, 0.6) is 0 Å². The van der Waals surface area contributed by atoms with Crippen molar-refractivity contribution in [3.05, 3.63) is 20.1 Å². The number of thioether (sulfide) groups is 6. The van der Waals surface area contributed by atoms with Crippen molar-refractivity contribution in [2.24, 2.45) is 0 Å². The largest absolute Gasteiger partial charge is 0.145 e. The summed E-state index contributed by atoms with van der Waals surface area (Å²) in [4.78, 5) is 0. The Morgan fingerprint density at radius 2 is 1.22 bits per heavy atom. The second-order valence-electron chi connectivity index (χ2n) is 3.00. The fraction of sp³-hybridized carbons (Fsp3) is 0.222. The monoisotopic (exact) mass is 402 g/mol. The molecule has 9 heteroatoms. The van der Waals surface area contributed by atoms with E-state index < -0.39 is 0 Å². The van der Waals surface area contributed by atoms with Crippen LogP contribution < -0.4 is 0 Å². The molecule has 3 heterocycles. The van der Waals surface area contributed by atoms with E-state index in [-0.39, 0.29) is 0 Å². The lowest BCUT2D eigenvalue weighted by atomic mass is 11.1. The van der Waals surface area contributed by atoms with Gasteiger partial charge in [0.1, 0.15) is 3.14 Å². The Morgan fingerprint density at radius 1 is 0.778 bits per heavy atom. The summed E-state index contributed by atoms with van der Waals surface area (Å²) >= 11 is 20.1. The highest BCUT2D eigenvalue weighted by Crippen LogP contribution is 2.65. The smallest absolute Gasteiger partial charge is 0.121 e. The van der Waals surface area contributed by atoms with Gasteiger partial charge in [-0.3, -0.25) is 0 Å². The molecule has 0 radical (unpaired) electrons. The van der Waals surface area contributed by atoms with Gasteiger partial charge in [-0.05, 0) is 12.5 Å². The van der Waals surface area contributed by atoms with Crippen molar-refractivity contribution in [3.63, 3.8) is 0 Å². The van der Waals surface area contributed by atoms with Crippen molar-refractivity contribution in [1.82, 2.24) is 0 Å². The fourth-order valence-corrected chi connectivity index (χ4v) is 13.2. The highest BCUT2D eigenvalue weighted by atomic mass is 32.3. The molecular formula is C9H6S9. The van der Waals surface area contributed by atoms with E-state index in [1.165, 1.54) is 25.4 Å². The molecule has 0 aliphatic carbocycles. The van der Waals surface area contributed by atoms with Crippen LogP contribution in [0.4, 0.5) is 0 Å². The molecule has 0 aromatic carbocycles. The van der Waals surface area contributed by atoms with Crippen LogP contribution in [-0.4, -0.2) is 12.5 Å². The lowest BCUT2D eigenvalue weighted by Crippen LogP contribution is -1.66. The maximum atomic E-state index is 5.24. The first-order valence-electron chi connectivity index (χ1n) is 4.63. The normalized spacial score (nSPS) is 19.0. The van der Waals surface area contributed by atoms with Crippen LogP contribution in [0.1, 0.15) is 0 Å². The summed E-state index contributed by atoms with van der Waals surface area (Å²) in [5.74, 6) is 0. The van der Waals surface area contributed by atoms with E-state index in [9.17, 15) is 0 Å². The summed E-state index contributed by atoms with van der Waals surface area (Å²) in [6, 6.07) is 0. The minimum absolute atomic E-state index is 1.04. The van der Waals surface area contributed by atoms with E-state index in [4.69, 9.17) is 12.2 Å². The minimum atomic E-state index is 1.04. The molecular weight excluding hydrogens is 397 g/mol. The molecule has 0 atom stereocenters. The van der Waals surface area contributed by atoms with E-state index in [1.807, 2.05) is 70.6 Å². The molecule has 1 aromatic heterocycles. The highest BCUT2D eigenvalue weighted by molar-refractivity contribution is 8.42. The van der Waals surface area contributed by atoms with Gasteiger partial charge in [0, 0.05) is 0 Å². The van der Waals surface area contributed by atoms with Gasteiger partial charge in [-0.1, -0.05) is 59.3 Å². The van der Waals surface area contributed by atoms with Crippen molar-refractivity contribution >= 4 is 105 Å². The summed E-state index contributed by atoms with van der Waals surface area (Å²) in [7, 11) is 0. The first kappa shape index (κ1) is 14.8. The van der Waals surface area contributed by atoms with Gasteiger partial charge >= 0.3 is 0 Å². The first-order valence-corrected chi connectivity index (χ1v) is 12.4. The van der Waals surface area contributed by atoms with Gasteiger partial charge in [-0.2, -0.15) is 0 Å². The van der Waals surface area contributed by atoms with E-state index in [0.29, 0.717) is 0 Å². The second-order valence-corrected chi connectivity index (χ2v) is 13.5. The molecule has 2 aliphatic heterocycles. The van der Waals surface area contributed by atoms with Crippen LogP contribution >= 0.6 is 105 Å². The zero-order valence-corrected chi connectivity index (χ0v) is 16.5. The first-order chi connectivity index (χ1) is 8.71. The Morgan fingerprint density at radius 3 is 1.67 bits per heavy atom. The lowest BCUT2D eigenvalue weighted by molar-refractivity contribution is 1.56. The molecule has 0 N–H and O–H groups in total. The van der Waals surface area contributed by atoms with Crippen LogP contribution in [0.25, 0.3) is 0 Å². The van der Waals surface area contributed by atoms with Crippen molar-refractivity contribution < 1.29 is 0 Å². The summed E-state index contributed by atoms with van der Waals surface area (Å²) in [6.45, 7) is 0. The van der Waals surface area contributed by atoms with Gasteiger partial charge in [0.25, 0.3) is 0 Å². The van der Waals surface area contributed by atoms with Crippen LogP contribution in [0, 0.1) is 3.14 Å². The van der Waals surface area contributed by atoms with Crippen molar-refractivity contribution in [2.75, 3.05) is 12.5 Å². The molecule has 0 saturated heterocycles. The number of hydrogen-bond donors (Lipinski definition) is 0. The molecule has 0 spiro atoms. The van der Waals surface area contributed by atoms with E-state index in [0.717, 1.165) is 3.14 Å². The van der Waals surface area contributed by atoms with Gasteiger partial charge in [-0.25, -0.2) is 0 Å². The summed E-state index contributed by atoms with van der Waals surface area (Å²) < 4.78 is 9.60. The average molecular weight is 403 g/mol. The third kappa shape index (κ3) is 2.89. The maximum absolute atomic E-state index is 5.24. The third-order valence-corrected chi connectivity index (χ3v) is 13.4. The molecule has 0 unspecified atom stereocenters. The summed E-state index contributed by atoms with van der Waals surface area (Å²) in [5, 5.41) is 0. The Balaban J connectivity index is 1.84. The van der Waals surface area contributed by atoms with Gasteiger partial charge < -0.3 is 0 Å². The molecule has 1 aromatic rings. The molecule has 18 heavy (non-hydrogen) atoms. The summed E-state index contributed by atoms with van der Waals surface area (Å²) in [5.41, 5.74) is 0. The highest BCUT2D eigenvalue weighted by Gasteiger charge is 2.29. The predicted octanol–water partition coefficient (Wildman–Crippen LogP) is 7.20. The van der Waals surface area contributed by atoms with Crippen LogP contribution in [0.2, 0.25) is 0 Å². The predicted molar refractivity (Wildman–Crippen MR) is 101 cm³/mol. The molecule has 0 fully saturated rings. The maximum Gasteiger partial charge on any atom is 0.145 e. The van der Waals surface area contributed by atoms with Crippen molar-refractivity contribution in [3.8, 4) is 0 Å². The topological polar surface area (TPSA) is 0 Å². The number of hydrogen-bond acceptors (Lipinski definition) is 9. The SMILES string of the molecule is CSC1=C(SC)SC(=C2Sc3sc(=S)sc3S2)S1. The van der Waals surface area contributed by atoms with Gasteiger partial charge in [0.15, 0.2) is 0 Å².